The molecule has 0 fully saturated rings. The molecule has 0 unspecified atom stereocenters. The van der Waals surface area contributed by atoms with Crippen LogP contribution in [-0.2, 0) is 6.61 Å². The van der Waals surface area contributed by atoms with E-state index >= 15 is 0 Å². The van der Waals surface area contributed by atoms with Crippen LogP contribution in [0.2, 0.25) is 0 Å². The molecule has 6 rings (SSSR count). The van der Waals surface area contributed by atoms with Crippen molar-refractivity contribution in [2.45, 2.75) is 6.61 Å². The zero-order chi connectivity index (χ0) is 27.6. The molecule has 198 valence electrons. The first-order chi connectivity index (χ1) is 19.5. The maximum absolute atomic E-state index is 12.6. The van der Waals surface area contributed by atoms with Gasteiger partial charge in [0, 0.05) is 23.4 Å². The number of nitrogens with one attached hydrogen (secondary N) is 1. The first-order valence-electron chi connectivity index (χ1n) is 12.1. The van der Waals surface area contributed by atoms with Gasteiger partial charge in [-0.05, 0) is 59.4 Å². The highest BCUT2D eigenvalue weighted by atomic mass is 32.1. The molecular formula is C29H21N5O5S. The van der Waals surface area contributed by atoms with E-state index in [1.54, 1.807) is 67.4 Å². The van der Waals surface area contributed by atoms with E-state index in [2.05, 4.69) is 15.4 Å². The number of hydrogen-bond donors (Lipinski definition) is 1. The van der Waals surface area contributed by atoms with Crippen LogP contribution in [0.25, 0.3) is 27.4 Å². The minimum Gasteiger partial charge on any atom is -0.496 e. The lowest BCUT2D eigenvalue weighted by Crippen LogP contribution is -2.12. The number of aromatic nitrogens is 3. The Balaban J connectivity index is 1.22. The van der Waals surface area contributed by atoms with Gasteiger partial charge >= 0.3 is 0 Å². The maximum Gasteiger partial charge on any atom is 0.294 e. The van der Waals surface area contributed by atoms with Gasteiger partial charge < -0.3 is 23.9 Å². The number of carbonyl (C=O) groups is 1. The summed E-state index contributed by atoms with van der Waals surface area (Å²) >= 11 is 1.33. The highest BCUT2D eigenvalue weighted by Crippen LogP contribution is 2.37. The largest absolute Gasteiger partial charge is 0.496 e. The number of hydrogen-bond acceptors (Lipinski definition) is 9. The molecule has 0 aliphatic carbocycles. The average Bonchev–Trinajstić information content (AvgIpc) is 3.69. The van der Waals surface area contributed by atoms with Crippen LogP contribution in [0.4, 0.5) is 5.69 Å². The van der Waals surface area contributed by atoms with Gasteiger partial charge in [0.1, 0.15) is 29.4 Å². The number of furan rings is 1. The van der Waals surface area contributed by atoms with Crippen LogP contribution in [0.3, 0.4) is 0 Å². The van der Waals surface area contributed by atoms with E-state index in [0.29, 0.717) is 55.5 Å². The summed E-state index contributed by atoms with van der Waals surface area (Å²) in [6.07, 6.45) is 1.78. The summed E-state index contributed by atoms with van der Waals surface area (Å²) in [4.78, 5) is 17.9. The fourth-order valence-corrected chi connectivity index (χ4v) is 4.83. The number of anilines is 1. The molecule has 3 heterocycles. The van der Waals surface area contributed by atoms with E-state index in [9.17, 15) is 4.79 Å². The Kier molecular flexibility index (Phi) is 6.51. The van der Waals surface area contributed by atoms with Gasteiger partial charge in [0.05, 0.1) is 37.4 Å². The Morgan fingerprint density at radius 3 is 2.70 bits per heavy atom. The van der Waals surface area contributed by atoms with Gasteiger partial charge in [0.15, 0.2) is 5.76 Å². The molecule has 0 radical (unpaired) electrons. The first-order valence-corrected chi connectivity index (χ1v) is 12.9. The fraction of sp³-hybridized carbons (Fsp3) is 0.103. The van der Waals surface area contributed by atoms with Gasteiger partial charge in [-0.25, -0.2) is 9.50 Å². The lowest BCUT2D eigenvalue weighted by molar-refractivity contribution is 0.102. The average molecular weight is 552 g/mol. The molecule has 3 aromatic carbocycles. The standard InChI is InChI=1S/C29H21N5O5S/c1-36-21-11-24(22-13-26(39-25(22)12-21)23-15-34-28(32-23)40-29(33-34)37-2)38-16-18-4-3-5-20(10-18)31-27(35)19-8-6-17(14-30)7-9-19/h3-13,15H,16H2,1-2H3,(H,31,35). The van der Waals surface area contributed by atoms with Crippen LogP contribution < -0.4 is 19.5 Å². The second-order valence-electron chi connectivity index (χ2n) is 8.71. The molecule has 0 aliphatic heterocycles. The fourth-order valence-electron chi connectivity index (χ4n) is 4.13. The zero-order valence-electron chi connectivity index (χ0n) is 21.4. The normalized spacial score (nSPS) is 10.9. The number of fused-ring (bicyclic) bond motifs is 2. The van der Waals surface area contributed by atoms with Crippen molar-refractivity contribution in [1.29, 1.82) is 5.26 Å². The molecule has 0 spiro atoms. The number of imidazole rings is 1. The van der Waals surface area contributed by atoms with Gasteiger partial charge in [-0.15, -0.1) is 5.10 Å². The second-order valence-corrected chi connectivity index (χ2v) is 9.62. The predicted octanol–water partition coefficient (Wildman–Crippen LogP) is 5.92. The van der Waals surface area contributed by atoms with Gasteiger partial charge in [-0.1, -0.05) is 12.1 Å². The van der Waals surface area contributed by atoms with Crippen LogP contribution in [0.15, 0.2) is 77.3 Å². The Hall–Kier alpha value is -5.34. The molecule has 0 saturated heterocycles. The van der Waals surface area contributed by atoms with Crippen molar-refractivity contribution >= 4 is 38.9 Å². The monoisotopic (exact) mass is 551 g/mol. The van der Waals surface area contributed by atoms with Crippen LogP contribution in [-0.4, -0.2) is 34.7 Å². The van der Waals surface area contributed by atoms with Gasteiger partial charge in [-0.2, -0.15) is 5.26 Å². The number of nitrogens with zero attached hydrogens (tertiary/aromatic N) is 4. The van der Waals surface area contributed by atoms with Gasteiger partial charge in [0.2, 0.25) is 4.96 Å². The van der Waals surface area contributed by atoms with Crippen molar-refractivity contribution in [1.82, 2.24) is 14.6 Å². The lowest BCUT2D eigenvalue weighted by Gasteiger charge is -2.11. The summed E-state index contributed by atoms with van der Waals surface area (Å²) in [5.74, 6) is 1.47. The van der Waals surface area contributed by atoms with E-state index in [0.717, 1.165) is 10.9 Å². The third-order valence-corrected chi connectivity index (χ3v) is 7.00. The molecule has 0 bridgehead atoms. The van der Waals surface area contributed by atoms with Crippen molar-refractivity contribution in [2.75, 3.05) is 19.5 Å². The number of carbonyl (C=O) groups excluding carboxylic acids is 1. The number of benzene rings is 3. The Morgan fingerprint density at radius 1 is 1.10 bits per heavy atom. The molecule has 10 nitrogen and oxygen atoms in total. The van der Waals surface area contributed by atoms with Crippen molar-refractivity contribution in [3.05, 3.63) is 89.6 Å². The molecule has 11 heteroatoms. The topological polar surface area (TPSA) is 124 Å². The lowest BCUT2D eigenvalue weighted by atomic mass is 10.1. The summed E-state index contributed by atoms with van der Waals surface area (Å²) in [7, 11) is 3.15. The van der Waals surface area contributed by atoms with Crippen LogP contribution >= 0.6 is 11.3 Å². The maximum atomic E-state index is 12.6. The van der Waals surface area contributed by atoms with Gasteiger partial charge in [-0.3, -0.25) is 4.79 Å². The quantitative estimate of drug-likeness (QED) is 0.247. The Morgan fingerprint density at radius 2 is 1.95 bits per heavy atom. The second kappa shape index (κ2) is 10.4. The number of rotatable bonds is 8. The first kappa shape index (κ1) is 25.0. The van der Waals surface area contributed by atoms with E-state index in [1.165, 1.54) is 11.3 Å². The summed E-state index contributed by atoms with van der Waals surface area (Å²) in [6.45, 7) is 0.243. The van der Waals surface area contributed by atoms with Crippen LogP contribution in [0.1, 0.15) is 21.5 Å². The molecule has 0 aliphatic rings. The number of nitriles is 1. The smallest absolute Gasteiger partial charge is 0.294 e. The molecule has 1 N–H and O–H groups in total. The minimum absolute atomic E-state index is 0.243. The van der Waals surface area contributed by atoms with Crippen LogP contribution in [0, 0.1) is 11.3 Å². The zero-order valence-corrected chi connectivity index (χ0v) is 22.2. The SMILES string of the molecule is COc1cc(OCc2cccc(NC(=O)c3ccc(C#N)cc3)c2)c2cc(-c3cn4nc(OC)sc4n3)oc2c1. The Labute approximate surface area is 232 Å². The van der Waals surface area contributed by atoms with E-state index in [1.807, 2.05) is 30.3 Å². The van der Waals surface area contributed by atoms with E-state index in [4.69, 9.17) is 23.9 Å². The van der Waals surface area contributed by atoms with E-state index < -0.39 is 0 Å². The highest BCUT2D eigenvalue weighted by Gasteiger charge is 2.17. The van der Waals surface area contributed by atoms with Crippen molar-refractivity contribution in [2.24, 2.45) is 0 Å². The molecule has 0 atom stereocenters. The molecule has 6 aromatic rings. The molecule has 3 aromatic heterocycles. The Bertz CT molecular complexity index is 1870. The summed E-state index contributed by atoms with van der Waals surface area (Å²) < 4.78 is 24.6. The molecular weight excluding hydrogens is 530 g/mol. The highest BCUT2D eigenvalue weighted by molar-refractivity contribution is 7.18. The summed E-state index contributed by atoms with van der Waals surface area (Å²) in [5, 5.41) is 17.5. The number of ether oxygens (including phenoxy) is 3. The summed E-state index contributed by atoms with van der Waals surface area (Å²) in [5.41, 5.74) is 3.66. The minimum atomic E-state index is -0.268. The molecule has 40 heavy (non-hydrogen) atoms. The molecule has 1 amide bonds. The molecule has 0 saturated carbocycles. The van der Waals surface area contributed by atoms with Crippen molar-refractivity contribution < 1.29 is 23.4 Å². The van der Waals surface area contributed by atoms with Gasteiger partial charge in [0.25, 0.3) is 11.1 Å². The van der Waals surface area contributed by atoms with Crippen molar-refractivity contribution in [3.8, 4) is 34.2 Å². The van der Waals surface area contributed by atoms with Crippen molar-refractivity contribution in [3.63, 3.8) is 0 Å². The third kappa shape index (κ3) is 4.91. The number of amides is 1. The van der Waals surface area contributed by atoms with E-state index in [-0.39, 0.29) is 12.5 Å². The summed E-state index contributed by atoms with van der Waals surface area (Å²) in [6, 6.07) is 21.4. The number of methoxy groups -OCH3 is 2. The third-order valence-electron chi connectivity index (χ3n) is 6.12. The predicted molar refractivity (Wildman–Crippen MR) is 149 cm³/mol. The van der Waals surface area contributed by atoms with Crippen LogP contribution in [0.5, 0.6) is 16.7 Å².